The minimum absolute atomic E-state index is 0.0160. The third kappa shape index (κ3) is 3.00. The molecule has 0 radical (unpaired) electrons. The Labute approximate surface area is 154 Å². The van der Waals surface area contributed by atoms with Gasteiger partial charge in [-0.05, 0) is 24.0 Å². The molecule has 2 saturated heterocycles. The Bertz CT molecular complexity index is 749. The lowest BCUT2D eigenvalue weighted by Gasteiger charge is -2.44. The van der Waals surface area contributed by atoms with Gasteiger partial charge in [-0.25, -0.2) is 0 Å². The van der Waals surface area contributed by atoms with Crippen LogP contribution in [0.3, 0.4) is 0 Å². The van der Waals surface area contributed by atoms with Gasteiger partial charge in [0.15, 0.2) is 0 Å². The average molecular weight is 348 g/mol. The van der Waals surface area contributed by atoms with Gasteiger partial charge < -0.3 is 10.2 Å². The van der Waals surface area contributed by atoms with Gasteiger partial charge in [0.05, 0.1) is 5.92 Å². The molecule has 26 heavy (non-hydrogen) atoms. The number of rotatable bonds is 3. The second-order valence-corrected chi connectivity index (χ2v) is 7.38. The SMILES string of the molecule is O=C1C[C@@H](C(=O)N2CCCC(c3ccccc3)(c3ccccc3)C2)CN1. The number of likely N-dealkylation sites (tertiary alicyclic amines) is 1. The quantitative estimate of drug-likeness (QED) is 0.927. The highest BCUT2D eigenvalue weighted by Gasteiger charge is 2.42. The van der Waals surface area contributed by atoms with Gasteiger partial charge >= 0.3 is 0 Å². The van der Waals surface area contributed by atoms with Crippen LogP contribution in [0.25, 0.3) is 0 Å². The number of piperidine rings is 1. The van der Waals surface area contributed by atoms with E-state index in [0.717, 1.165) is 19.4 Å². The summed E-state index contributed by atoms with van der Waals surface area (Å²) in [7, 11) is 0. The van der Waals surface area contributed by atoms with Crippen molar-refractivity contribution in [2.45, 2.75) is 24.7 Å². The van der Waals surface area contributed by atoms with Crippen LogP contribution in [0, 0.1) is 5.92 Å². The van der Waals surface area contributed by atoms with Crippen molar-refractivity contribution < 1.29 is 9.59 Å². The van der Waals surface area contributed by atoms with Crippen LogP contribution in [-0.4, -0.2) is 36.3 Å². The molecule has 0 saturated carbocycles. The van der Waals surface area contributed by atoms with Crippen molar-refractivity contribution in [3.63, 3.8) is 0 Å². The van der Waals surface area contributed by atoms with Crippen molar-refractivity contribution in [2.24, 2.45) is 5.92 Å². The summed E-state index contributed by atoms with van der Waals surface area (Å²) in [5, 5.41) is 2.79. The Hall–Kier alpha value is -2.62. The molecule has 0 aliphatic carbocycles. The van der Waals surface area contributed by atoms with E-state index in [1.807, 2.05) is 17.0 Å². The van der Waals surface area contributed by atoms with Crippen molar-refractivity contribution in [1.82, 2.24) is 10.2 Å². The van der Waals surface area contributed by atoms with Crippen LogP contribution in [0.5, 0.6) is 0 Å². The summed E-state index contributed by atoms with van der Waals surface area (Å²) in [6.07, 6.45) is 2.30. The van der Waals surface area contributed by atoms with Gasteiger partial charge in [-0.2, -0.15) is 0 Å². The first kappa shape index (κ1) is 16.8. The largest absolute Gasteiger partial charge is 0.355 e. The molecule has 4 heteroatoms. The van der Waals surface area contributed by atoms with Crippen LogP contribution in [-0.2, 0) is 15.0 Å². The van der Waals surface area contributed by atoms with E-state index in [1.54, 1.807) is 0 Å². The summed E-state index contributed by atoms with van der Waals surface area (Å²) in [5.74, 6) is -0.123. The molecule has 4 nitrogen and oxygen atoms in total. The minimum atomic E-state index is -0.218. The number of hydrogen-bond acceptors (Lipinski definition) is 2. The Balaban J connectivity index is 1.68. The molecule has 2 aliphatic rings. The van der Waals surface area contributed by atoms with Crippen molar-refractivity contribution in [1.29, 1.82) is 0 Å². The van der Waals surface area contributed by atoms with E-state index in [4.69, 9.17) is 0 Å². The topological polar surface area (TPSA) is 49.4 Å². The van der Waals surface area contributed by atoms with Crippen LogP contribution in [0.1, 0.15) is 30.4 Å². The molecule has 2 amide bonds. The lowest BCUT2D eigenvalue weighted by molar-refractivity contribution is -0.137. The summed E-state index contributed by atoms with van der Waals surface area (Å²) in [4.78, 5) is 26.5. The van der Waals surface area contributed by atoms with E-state index >= 15 is 0 Å². The van der Waals surface area contributed by atoms with E-state index in [1.165, 1.54) is 11.1 Å². The highest BCUT2D eigenvalue weighted by Crippen LogP contribution is 2.40. The summed E-state index contributed by atoms with van der Waals surface area (Å²) < 4.78 is 0. The third-order valence-electron chi connectivity index (χ3n) is 5.78. The van der Waals surface area contributed by atoms with E-state index < -0.39 is 0 Å². The first-order chi connectivity index (χ1) is 12.7. The number of nitrogens with zero attached hydrogens (tertiary/aromatic N) is 1. The monoisotopic (exact) mass is 348 g/mol. The van der Waals surface area contributed by atoms with E-state index in [9.17, 15) is 9.59 Å². The summed E-state index contributed by atoms with van der Waals surface area (Å²) in [6.45, 7) is 1.91. The zero-order chi connectivity index (χ0) is 18.0. The Kier molecular flexibility index (Phi) is 4.49. The molecule has 2 aliphatic heterocycles. The smallest absolute Gasteiger partial charge is 0.228 e. The second kappa shape index (κ2) is 6.94. The zero-order valence-corrected chi connectivity index (χ0v) is 14.9. The normalized spacial score (nSPS) is 22.1. The maximum Gasteiger partial charge on any atom is 0.228 e. The number of nitrogens with one attached hydrogen (secondary N) is 1. The van der Waals surface area contributed by atoms with Crippen LogP contribution < -0.4 is 5.32 Å². The molecule has 0 aromatic heterocycles. The summed E-state index contributed by atoms with van der Waals surface area (Å²) in [6, 6.07) is 21.0. The standard InChI is InChI=1S/C22H24N2O2/c25-20-14-17(15-23-20)21(26)24-13-7-12-22(16-24,18-8-3-1-4-9-18)19-10-5-2-6-11-19/h1-6,8-11,17H,7,12-16H2,(H,23,25)/t17-/m1/s1. The third-order valence-corrected chi connectivity index (χ3v) is 5.78. The van der Waals surface area contributed by atoms with Crippen LogP contribution in [0.15, 0.2) is 60.7 Å². The molecule has 0 spiro atoms. The fourth-order valence-corrected chi connectivity index (χ4v) is 4.43. The molecular weight excluding hydrogens is 324 g/mol. The maximum absolute atomic E-state index is 13.0. The molecule has 2 aromatic carbocycles. The average Bonchev–Trinajstić information content (AvgIpc) is 3.15. The van der Waals surface area contributed by atoms with E-state index in [-0.39, 0.29) is 23.1 Å². The van der Waals surface area contributed by atoms with E-state index in [2.05, 4.69) is 53.8 Å². The first-order valence-corrected chi connectivity index (χ1v) is 9.36. The zero-order valence-electron chi connectivity index (χ0n) is 14.9. The molecule has 0 bridgehead atoms. The number of benzene rings is 2. The van der Waals surface area contributed by atoms with Gasteiger partial charge in [0.25, 0.3) is 0 Å². The highest BCUT2D eigenvalue weighted by atomic mass is 16.2. The van der Waals surface area contributed by atoms with Crippen LogP contribution >= 0.6 is 0 Å². The van der Waals surface area contributed by atoms with Gasteiger partial charge in [-0.1, -0.05) is 60.7 Å². The van der Waals surface area contributed by atoms with E-state index in [0.29, 0.717) is 19.5 Å². The number of hydrogen-bond donors (Lipinski definition) is 1. The fourth-order valence-electron chi connectivity index (χ4n) is 4.43. The minimum Gasteiger partial charge on any atom is -0.355 e. The number of amides is 2. The van der Waals surface area contributed by atoms with Gasteiger partial charge in [-0.15, -0.1) is 0 Å². The first-order valence-electron chi connectivity index (χ1n) is 9.36. The Morgan fingerprint density at radius 2 is 1.62 bits per heavy atom. The molecule has 4 rings (SSSR count). The van der Waals surface area contributed by atoms with Crippen LogP contribution in [0.2, 0.25) is 0 Å². The lowest BCUT2D eigenvalue weighted by Crippen LogP contribution is -2.51. The summed E-state index contributed by atoms with van der Waals surface area (Å²) >= 11 is 0. The predicted octanol–water partition coefficient (Wildman–Crippen LogP) is 2.73. The maximum atomic E-state index is 13.0. The number of carbonyl (C=O) groups is 2. The van der Waals surface area contributed by atoms with Gasteiger partial charge in [-0.3, -0.25) is 9.59 Å². The van der Waals surface area contributed by atoms with Gasteiger partial charge in [0.1, 0.15) is 0 Å². The Morgan fingerprint density at radius 1 is 1.00 bits per heavy atom. The van der Waals surface area contributed by atoms with Crippen molar-refractivity contribution in [2.75, 3.05) is 19.6 Å². The van der Waals surface area contributed by atoms with Crippen molar-refractivity contribution in [3.05, 3.63) is 71.8 Å². The molecule has 1 N–H and O–H groups in total. The predicted molar refractivity (Wildman–Crippen MR) is 101 cm³/mol. The second-order valence-electron chi connectivity index (χ2n) is 7.38. The Morgan fingerprint density at radius 3 is 2.15 bits per heavy atom. The highest BCUT2D eigenvalue weighted by molar-refractivity contribution is 5.89. The van der Waals surface area contributed by atoms with Gasteiger partial charge in [0, 0.05) is 31.5 Å². The van der Waals surface area contributed by atoms with Gasteiger partial charge in [0.2, 0.25) is 11.8 Å². The molecule has 2 heterocycles. The van der Waals surface area contributed by atoms with Crippen molar-refractivity contribution in [3.8, 4) is 0 Å². The molecule has 2 fully saturated rings. The van der Waals surface area contributed by atoms with Crippen LogP contribution in [0.4, 0.5) is 0 Å². The number of carbonyl (C=O) groups excluding carboxylic acids is 2. The van der Waals surface area contributed by atoms with Crippen molar-refractivity contribution >= 4 is 11.8 Å². The summed E-state index contributed by atoms with van der Waals surface area (Å²) in [5.41, 5.74) is 2.32. The fraction of sp³-hybridized carbons (Fsp3) is 0.364. The molecule has 1 atom stereocenters. The molecule has 134 valence electrons. The molecule has 2 aromatic rings. The molecule has 0 unspecified atom stereocenters. The lowest BCUT2D eigenvalue weighted by atomic mass is 9.69. The molecular formula is C22H24N2O2.